The maximum Gasteiger partial charge on any atom is 0.328 e. The Kier molecular flexibility index (Phi) is 7.95. The van der Waals surface area contributed by atoms with E-state index in [0.717, 1.165) is 44.9 Å². The van der Waals surface area contributed by atoms with Crippen molar-refractivity contribution >= 4 is 5.97 Å². The van der Waals surface area contributed by atoms with Gasteiger partial charge in [0.15, 0.2) is 0 Å². The molecule has 0 radical (unpaired) electrons. The normalized spacial score (nSPS) is 17.7. The van der Waals surface area contributed by atoms with E-state index in [0.29, 0.717) is 31.5 Å². The summed E-state index contributed by atoms with van der Waals surface area (Å²) in [5.41, 5.74) is 0.165. The minimum absolute atomic E-state index is 0.0789. The Morgan fingerprint density at radius 3 is 2.52 bits per heavy atom. The molecule has 1 atom stereocenters. The first-order valence-corrected chi connectivity index (χ1v) is 10.2. The largest absolute Gasteiger partial charge is 0.493 e. The molecule has 0 bridgehead atoms. The number of carboxylic acids is 1. The van der Waals surface area contributed by atoms with Crippen molar-refractivity contribution in [3.63, 3.8) is 0 Å². The van der Waals surface area contributed by atoms with Gasteiger partial charge >= 0.3 is 11.7 Å². The molecule has 1 fully saturated rings. The Morgan fingerprint density at radius 1 is 1.19 bits per heavy atom. The van der Waals surface area contributed by atoms with Crippen LogP contribution in [0, 0.1) is 5.41 Å². The molecule has 7 heteroatoms. The zero-order valence-electron chi connectivity index (χ0n) is 16.4. The lowest BCUT2D eigenvalue weighted by Gasteiger charge is -2.38. The second-order valence-electron chi connectivity index (χ2n) is 8.20. The summed E-state index contributed by atoms with van der Waals surface area (Å²) >= 11 is 0. The lowest BCUT2D eigenvalue weighted by molar-refractivity contribution is -0.137. The lowest BCUT2D eigenvalue weighted by atomic mass is 9.71. The molecule has 0 aliphatic heterocycles. The van der Waals surface area contributed by atoms with Gasteiger partial charge in [0.1, 0.15) is 0 Å². The molecular weight excluding hydrogens is 348 g/mol. The number of aliphatic hydroxyl groups excluding tert-OH is 1. The van der Waals surface area contributed by atoms with Crippen LogP contribution in [-0.2, 0) is 17.8 Å². The first kappa shape index (κ1) is 21.5. The quantitative estimate of drug-likeness (QED) is 0.439. The summed E-state index contributed by atoms with van der Waals surface area (Å²) in [5.74, 6) is -0.874. The van der Waals surface area contributed by atoms with Gasteiger partial charge < -0.3 is 15.3 Å². The highest BCUT2D eigenvalue weighted by atomic mass is 16.4. The number of aromatic nitrogens is 2. The van der Waals surface area contributed by atoms with Gasteiger partial charge in [-0.3, -0.25) is 14.3 Å². The van der Waals surface area contributed by atoms with Gasteiger partial charge in [0.2, 0.25) is 5.88 Å². The summed E-state index contributed by atoms with van der Waals surface area (Å²) in [6.07, 6.45) is 9.44. The number of nitrogens with zero attached hydrogens (tertiary/aromatic N) is 1. The number of imidazole rings is 1. The smallest absolute Gasteiger partial charge is 0.328 e. The fourth-order valence-electron chi connectivity index (χ4n) is 4.20. The predicted octanol–water partition coefficient (Wildman–Crippen LogP) is 3.18. The van der Waals surface area contributed by atoms with Gasteiger partial charge in [-0.25, -0.2) is 4.79 Å². The fraction of sp³-hybridized carbons (Fsp3) is 0.800. The highest BCUT2D eigenvalue weighted by Gasteiger charge is 2.34. The van der Waals surface area contributed by atoms with Crippen LogP contribution in [0.5, 0.6) is 5.88 Å². The first-order chi connectivity index (χ1) is 12.8. The summed E-state index contributed by atoms with van der Waals surface area (Å²) in [5, 5.41) is 29.3. The molecule has 1 saturated carbocycles. The van der Waals surface area contributed by atoms with E-state index in [-0.39, 0.29) is 23.4 Å². The number of rotatable bonds is 11. The topological polar surface area (TPSA) is 116 Å². The number of hydrogen-bond donors (Lipinski definition) is 4. The Bertz CT molecular complexity index is 658. The van der Waals surface area contributed by atoms with Crippen LogP contribution in [0.25, 0.3) is 0 Å². The zero-order chi connectivity index (χ0) is 19.9. The van der Waals surface area contributed by atoms with Crippen LogP contribution in [-0.4, -0.2) is 36.9 Å². The van der Waals surface area contributed by atoms with Crippen LogP contribution in [0.1, 0.15) is 83.2 Å². The van der Waals surface area contributed by atoms with Crippen molar-refractivity contribution in [1.82, 2.24) is 9.55 Å². The highest BCUT2D eigenvalue weighted by molar-refractivity contribution is 5.66. The lowest BCUT2D eigenvalue weighted by Crippen LogP contribution is -2.36. The third kappa shape index (κ3) is 6.13. The molecule has 27 heavy (non-hydrogen) atoms. The molecule has 1 heterocycles. The molecule has 1 aromatic heterocycles. The van der Waals surface area contributed by atoms with Crippen LogP contribution >= 0.6 is 0 Å². The van der Waals surface area contributed by atoms with Crippen molar-refractivity contribution < 1.29 is 20.1 Å². The number of carboxylic acid groups (broad SMARTS) is 1. The third-order valence-electron chi connectivity index (χ3n) is 6.05. The molecule has 2 rings (SSSR count). The Hall–Kier alpha value is -1.76. The van der Waals surface area contributed by atoms with Gasteiger partial charge in [-0.15, -0.1) is 0 Å². The number of nitrogens with one attached hydrogen (secondary N) is 1. The summed E-state index contributed by atoms with van der Waals surface area (Å²) in [6, 6.07) is 0. The first-order valence-electron chi connectivity index (χ1n) is 10.2. The second-order valence-corrected chi connectivity index (χ2v) is 8.20. The molecule has 7 nitrogen and oxygen atoms in total. The average molecular weight is 383 g/mol. The number of hydrogen-bond acceptors (Lipinski definition) is 4. The molecule has 0 spiro atoms. The maximum absolute atomic E-state index is 12.1. The van der Waals surface area contributed by atoms with Gasteiger partial charge in [0.25, 0.3) is 0 Å². The van der Waals surface area contributed by atoms with Crippen molar-refractivity contribution in [2.75, 3.05) is 0 Å². The molecular formula is C20H34N2O5. The van der Waals surface area contributed by atoms with Gasteiger partial charge in [-0.05, 0) is 43.9 Å². The number of aliphatic hydroxyl groups is 1. The van der Waals surface area contributed by atoms with Gasteiger partial charge in [-0.1, -0.05) is 39.0 Å². The maximum atomic E-state index is 12.1. The van der Waals surface area contributed by atoms with Crippen molar-refractivity contribution in [3.05, 3.63) is 16.2 Å². The summed E-state index contributed by atoms with van der Waals surface area (Å²) in [6.45, 7) is 2.52. The van der Waals surface area contributed by atoms with Crippen LogP contribution in [0.4, 0.5) is 0 Å². The van der Waals surface area contributed by atoms with Crippen LogP contribution < -0.4 is 5.69 Å². The fourth-order valence-corrected chi connectivity index (χ4v) is 4.20. The number of aromatic amines is 1. The molecule has 1 aliphatic rings. The number of H-pyrrole nitrogens is 1. The predicted molar refractivity (Wildman–Crippen MR) is 103 cm³/mol. The minimum atomic E-state index is -0.780. The third-order valence-corrected chi connectivity index (χ3v) is 6.05. The highest BCUT2D eigenvalue weighted by Crippen LogP contribution is 2.40. The van der Waals surface area contributed by atoms with Crippen molar-refractivity contribution in [2.45, 2.75) is 96.6 Å². The molecule has 1 aromatic rings. The Labute approximate surface area is 160 Å². The molecule has 0 aromatic carbocycles. The summed E-state index contributed by atoms with van der Waals surface area (Å²) < 4.78 is 1.54. The molecule has 0 amide bonds. The summed E-state index contributed by atoms with van der Waals surface area (Å²) in [4.78, 5) is 25.1. The van der Waals surface area contributed by atoms with Crippen LogP contribution in [0.15, 0.2) is 4.79 Å². The Morgan fingerprint density at radius 2 is 1.85 bits per heavy atom. The zero-order valence-corrected chi connectivity index (χ0v) is 16.4. The van der Waals surface area contributed by atoms with E-state index >= 15 is 0 Å². The van der Waals surface area contributed by atoms with E-state index < -0.39 is 12.1 Å². The van der Waals surface area contributed by atoms with Crippen LogP contribution in [0.3, 0.4) is 0 Å². The Balaban J connectivity index is 1.87. The van der Waals surface area contributed by atoms with Crippen LogP contribution in [0.2, 0.25) is 0 Å². The summed E-state index contributed by atoms with van der Waals surface area (Å²) in [7, 11) is 0. The molecule has 1 unspecified atom stereocenters. The number of unbranched alkanes of at least 4 members (excludes halogenated alkanes) is 3. The van der Waals surface area contributed by atoms with E-state index in [1.807, 2.05) is 0 Å². The van der Waals surface area contributed by atoms with Gasteiger partial charge in [-0.2, -0.15) is 0 Å². The van der Waals surface area contributed by atoms with Gasteiger partial charge in [0.05, 0.1) is 11.8 Å². The molecule has 1 aliphatic carbocycles. The number of aliphatic carboxylic acids is 1. The number of carbonyl (C=O) groups is 1. The van der Waals surface area contributed by atoms with E-state index in [9.17, 15) is 19.8 Å². The average Bonchev–Trinajstić information content (AvgIpc) is 2.89. The van der Waals surface area contributed by atoms with Gasteiger partial charge in [0, 0.05) is 13.0 Å². The van der Waals surface area contributed by atoms with E-state index in [4.69, 9.17) is 5.11 Å². The van der Waals surface area contributed by atoms with E-state index in [2.05, 4.69) is 11.9 Å². The minimum Gasteiger partial charge on any atom is -0.493 e. The standard InChI is InChI=1S/C20H34N2O5/c1-20(12-7-4-8-13-20)16(23)11-14-22-15(18(26)21-19(22)27)9-5-2-3-6-10-17(24)25/h16,23,26H,2-14H2,1H3,(H,21,27)(H,24,25). The monoisotopic (exact) mass is 382 g/mol. The van der Waals surface area contributed by atoms with Crippen molar-refractivity contribution in [3.8, 4) is 5.88 Å². The van der Waals surface area contributed by atoms with Crippen molar-refractivity contribution in [1.29, 1.82) is 0 Å². The van der Waals surface area contributed by atoms with E-state index in [1.165, 1.54) is 6.42 Å². The molecule has 0 saturated heterocycles. The SMILES string of the molecule is CC1(C(O)CCn2c(CCCCCCC(=O)O)c(O)[nH]c2=O)CCCCC1. The molecule has 4 N–H and O–H groups in total. The van der Waals surface area contributed by atoms with E-state index in [1.54, 1.807) is 4.57 Å². The number of aromatic hydroxyl groups is 1. The molecule has 154 valence electrons. The van der Waals surface area contributed by atoms with Crippen molar-refractivity contribution in [2.24, 2.45) is 5.41 Å². The second kappa shape index (κ2) is 9.97.